The van der Waals surface area contributed by atoms with Gasteiger partial charge in [-0.3, -0.25) is 9.52 Å². The summed E-state index contributed by atoms with van der Waals surface area (Å²) in [6, 6.07) is 15.0. The van der Waals surface area contributed by atoms with Crippen molar-refractivity contribution in [1.82, 2.24) is 10.2 Å². The molecule has 26 heavy (non-hydrogen) atoms. The van der Waals surface area contributed by atoms with Crippen LogP contribution >= 0.6 is 0 Å². The van der Waals surface area contributed by atoms with Crippen LogP contribution in [0.3, 0.4) is 0 Å². The van der Waals surface area contributed by atoms with Gasteiger partial charge in [-0.25, -0.2) is 8.42 Å². The lowest BCUT2D eigenvalue weighted by molar-refractivity contribution is 0.0737. The summed E-state index contributed by atoms with van der Waals surface area (Å²) in [6.07, 6.45) is 2.01. The third-order valence-corrected chi connectivity index (χ3v) is 5.91. The first kappa shape index (κ1) is 18.4. The van der Waals surface area contributed by atoms with Crippen molar-refractivity contribution in [3.63, 3.8) is 0 Å². The van der Waals surface area contributed by atoms with E-state index in [0.717, 1.165) is 25.9 Å². The van der Waals surface area contributed by atoms with E-state index in [-0.39, 0.29) is 16.8 Å². The largest absolute Gasteiger partial charge is 0.334 e. The van der Waals surface area contributed by atoms with Gasteiger partial charge >= 0.3 is 0 Å². The molecule has 2 N–H and O–H groups in total. The average Bonchev–Trinajstić information content (AvgIpc) is 3.11. The lowest BCUT2D eigenvalue weighted by Gasteiger charge is -2.24. The first-order valence-corrected chi connectivity index (χ1v) is 10.1. The number of nitrogens with one attached hydrogen (secondary N) is 2. The van der Waals surface area contributed by atoms with Gasteiger partial charge in [0, 0.05) is 30.4 Å². The van der Waals surface area contributed by atoms with Gasteiger partial charge in [0.2, 0.25) is 0 Å². The van der Waals surface area contributed by atoms with E-state index in [9.17, 15) is 13.2 Å². The van der Waals surface area contributed by atoms with Crippen molar-refractivity contribution in [3.8, 4) is 0 Å². The van der Waals surface area contributed by atoms with Crippen LogP contribution in [0.15, 0.2) is 59.5 Å². The number of rotatable bonds is 6. The molecule has 6 nitrogen and oxygen atoms in total. The fourth-order valence-electron chi connectivity index (χ4n) is 3.21. The lowest BCUT2D eigenvalue weighted by atomic mass is 10.1. The maximum atomic E-state index is 12.7. The van der Waals surface area contributed by atoms with Gasteiger partial charge in [-0.05, 0) is 56.3 Å². The van der Waals surface area contributed by atoms with Gasteiger partial charge in [0.15, 0.2) is 0 Å². The number of likely N-dealkylation sites (N-methyl/N-ethyl adjacent to an activating group) is 1. The highest BCUT2D eigenvalue weighted by Crippen LogP contribution is 2.21. The normalized spacial score (nSPS) is 17.3. The second-order valence-corrected chi connectivity index (χ2v) is 8.03. The highest BCUT2D eigenvalue weighted by Gasteiger charge is 2.28. The molecular weight excluding hydrogens is 350 g/mol. The standard InChI is InChI=1S/C19H23N3O3S/c1-20-14-17-6-5-13-22(17)19(23)15-9-11-16(12-10-15)21-26(24,25)18-7-3-2-4-8-18/h2-4,7-12,17,20-21H,5-6,13-14H2,1H3. The molecule has 0 spiro atoms. The minimum Gasteiger partial charge on any atom is -0.334 e. The Morgan fingerprint density at radius 3 is 2.46 bits per heavy atom. The number of benzene rings is 2. The van der Waals surface area contributed by atoms with Crippen LogP contribution in [0.4, 0.5) is 5.69 Å². The van der Waals surface area contributed by atoms with Gasteiger partial charge in [-0.1, -0.05) is 18.2 Å². The van der Waals surface area contributed by atoms with Crippen LogP contribution in [0.25, 0.3) is 0 Å². The zero-order valence-corrected chi connectivity index (χ0v) is 15.5. The summed E-state index contributed by atoms with van der Waals surface area (Å²) in [6.45, 7) is 1.54. The summed E-state index contributed by atoms with van der Waals surface area (Å²) in [4.78, 5) is 14.8. The van der Waals surface area contributed by atoms with E-state index in [1.807, 2.05) is 11.9 Å². The summed E-state index contributed by atoms with van der Waals surface area (Å²) in [5.74, 6) is -0.0137. The fourth-order valence-corrected chi connectivity index (χ4v) is 4.29. The van der Waals surface area contributed by atoms with Crippen molar-refractivity contribution >= 4 is 21.6 Å². The Morgan fingerprint density at radius 2 is 1.81 bits per heavy atom. The van der Waals surface area contributed by atoms with Crippen LogP contribution < -0.4 is 10.0 Å². The van der Waals surface area contributed by atoms with Gasteiger partial charge < -0.3 is 10.2 Å². The van der Waals surface area contributed by atoms with Crippen molar-refractivity contribution in [2.75, 3.05) is 24.9 Å². The van der Waals surface area contributed by atoms with Crippen molar-refractivity contribution in [2.45, 2.75) is 23.8 Å². The summed E-state index contributed by atoms with van der Waals surface area (Å²) < 4.78 is 27.2. The maximum Gasteiger partial charge on any atom is 0.261 e. The third kappa shape index (κ3) is 4.05. The van der Waals surface area contributed by atoms with E-state index in [1.165, 1.54) is 12.1 Å². The molecule has 138 valence electrons. The Labute approximate surface area is 154 Å². The molecule has 1 atom stereocenters. The van der Waals surface area contributed by atoms with E-state index in [0.29, 0.717) is 11.3 Å². The third-order valence-electron chi connectivity index (χ3n) is 4.52. The highest BCUT2D eigenvalue weighted by atomic mass is 32.2. The van der Waals surface area contributed by atoms with E-state index in [4.69, 9.17) is 0 Å². The zero-order chi connectivity index (χ0) is 18.6. The number of amides is 1. The summed E-state index contributed by atoms with van der Waals surface area (Å²) in [5, 5.41) is 3.13. The number of hydrogen-bond acceptors (Lipinski definition) is 4. The predicted molar refractivity (Wildman–Crippen MR) is 102 cm³/mol. The topological polar surface area (TPSA) is 78.5 Å². The minimum atomic E-state index is -3.63. The molecule has 1 unspecified atom stereocenters. The molecule has 2 aromatic carbocycles. The molecule has 1 aliphatic heterocycles. The number of likely N-dealkylation sites (tertiary alicyclic amines) is 1. The van der Waals surface area contributed by atoms with Crippen LogP contribution in [0, 0.1) is 0 Å². The molecule has 0 radical (unpaired) electrons. The number of nitrogens with zero attached hydrogens (tertiary/aromatic N) is 1. The van der Waals surface area contributed by atoms with Crippen LogP contribution in [0.2, 0.25) is 0 Å². The van der Waals surface area contributed by atoms with Crippen LogP contribution in [-0.2, 0) is 10.0 Å². The summed E-state index contributed by atoms with van der Waals surface area (Å²) in [5.41, 5.74) is 0.995. The van der Waals surface area contributed by atoms with E-state index >= 15 is 0 Å². The Hall–Kier alpha value is -2.38. The second kappa shape index (κ2) is 7.88. The first-order chi connectivity index (χ1) is 12.5. The molecule has 2 aromatic rings. The number of anilines is 1. The number of sulfonamides is 1. The highest BCUT2D eigenvalue weighted by molar-refractivity contribution is 7.92. The first-order valence-electron chi connectivity index (χ1n) is 8.65. The molecule has 7 heteroatoms. The average molecular weight is 373 g/mol. The van der Waals surface area contributed by atoms with Gasteiger partial charge in [0.05, 0.1) is 4.90 Å². The molecule has 0 bridgehead atoms. The molecule has 1 fully saturated rings. The zero-order valence-electron chi connectivity index (χ0n) is 14.7. The fraction of sp³-hybridized carbons (Fsp3) is 0.316. The number of carbonyl (C=O) groups excluding carboxylic acids is 1. The molecular formula is C19H23N3O3S. The Balaban J connectivity index is 1.71. The Kier molecular flexibility index (Phi) is 5.58. The Bertz CT molecular complexity index is 851. The number of hydrogen-bond donors (Lipinski definition) is 2. The van der Waals surface area contributed by atoms with E-state index < -0.39 is 10.0 Å². The quantitative estimate of drug-likeness (QED) is 0.814. The number of carbonyl (C=O) groups is 1. The van der Waals surface area contributed by atoms with Gasteiger partial charge in [0.25, 0.3) is 15.9 Å². The molecule has 1 heterocycles. The van der Waals surface area contributed by atoms with Gasteiger partial charge in [-0.15, -0.1) is 0 Å². The van der Waals surface area contributed by atoms with Crippen molar-refractivity contribution in [3.05, 3.63) is 60.2 Å². The molecule has 0 saturated carbocycles. The van der Waals surface area contributed by atoms with Crippen molar-refractivity contribution in [1.29, 1.82) is 0 Å². The SMILES string of the molecule is CNCC1CCCN1C(=O)c1ccc(NS(=O)(=O)c2ccccc2)cc1. The lowest BCUT2D eigenvalue weighted by Crippen LogP contribution is -2.40. The van der Waals surface area contributed by atoms with Crippen molar-refractivity contribution in [2.24, 2.45) is 0 Å². The second-order valence-electron chi connectivity index (χ2n) is 6.35. The minimum absolute atomic E-state index is 0.0137. The predicted octanol–water partition coefficient (Wildman–Crippen LogP) is 2.31. The summed E-state index contributed by atoms with van der Waals surface area (Å²) in [7, 11) is -1.75. The summed E-state index contributed by atoms with van der Waals surface area (Å²) >= 11 is 0. The molecule has 3 rings (SSSR count). The van der Waals surface area contributed by atoms with E-state index in [2.05, 4.69) is 10.0 Å². The molecule has 0 aromatic heterocycles. The maximum absolute atomic E-state index is 12.7. The van der Waals surface area contributed by atoms with E-state index in [1.54, 1.807) is 42.5 Å². The van der Waals surface area contributed by atoms with Crippen LogP contribution in [0.5, 0.6) is 0 Å². The van der Waals surface area contributed by atoms with Crippen LogP contribution in [-0.4, -0.2) is 45.4 Å². The van der Waals surface area contributed by atoms with Gasteiger partial charge in [-0.2, -0.15) is 0 Å². The van der Waals surface area contributed by atoms with Crippen molar-refractivity contribution < 1.29 is 13.2 Å². The molecule has 0 aliphatic carbocycles. The smallest absolute Gasteiger partial charge is 0.261 e. The van der Waals surface area contributed by atoms with Crippen LogP contribution in [0.1, 0.15) is 23.2 Å². The molecule has 1 aliphatic rings. The molecule has 1 amide bonds. The monoisotopic (exact) mass is 373 g/mol. The van der Waals surface area contributed by atoms with Gasteiger partial charge in [0.1, 0.15) is 0 Å². The Morgan fingerprint density at radius 1 is 1.12 bits per heavy atom. The molecule has 1 saturated heterocycles.